The van der Waals surface area contributed by atoms with Crippen molar-refractivity contribution in [3.05, 3.63) is 23.3 Å². The molecule has 4 heteroatoms. The van der Waals surface area contributed by atoms with Gasteiger partial charge in [0.2, 0.25) is 0 Å². The molecule has 0 fully saturated rings. The van der Waals surface area contributed by atoms with Crippen LogP contribution in [0.25, 0.3) is 0 Å². The number of anilines is 1. The van der Waals surface area contributed by atoms with Crippen LogP contribution >= 0.6 is 0 Å². The minimum Gasteiger partial charge on any atom is -0.495 e. The molecule has 0 bridgehead atoms. The van der Waals surface area contributed by atoms with E-state index in [4.69, 9.17) is 14.7 Å². The Morgan fingerprint density at radius 3 is 3.14 bits per heavy atom. The third-order valence-corrected chi connectivity index (χ3v) is 2.14. The van der Waals surface area contributed by atoms with E-state index in [0.29, 0.717) is 24.7 Å². The van der Waals surface area contributed by atoms with Crippen molar-refractivity contribution >= 4 is 5.69 Å². The molecule has 1 aromatic carbocycles. The Bertz CT molecular complexity index is 379. The van der Waals surface area contributed by atoms with E-state index in [-0.39, 0.29) is 0 Å². The summed E-state index contributed by atoms with van der Waals surface area (Å²) in [5.74, 6) is 0.697. The highest BCUT2D eigenvalue weighted by Crippen LogP contribution is 2.32. The van der Waals surface area contributed by atoms with Crippen molar-refractivity contribution in [2.75, 3.05) is 19.2 Å². The SMILES string of the molecule is COc1cc(C#N)cc2c1NCOC2. The van der Waals surface area contributed by atoms with Crippen molar-refractivity contribution in [1.82, 2.24) is 0 Å². The number of nitrogens with zero attached hydrogens (tertiary/aromatic N) is 1. The Kier molecular flexibility index (Phi) is 2.25. The number of nitriles is 1. The van der Waals surface area contributed by atoms with E-state index in [2.05, 4.69) is 11.4 Å². The van der Waals surface area contributed by atoms with Gasteiger partial charge in [0.1, 0.15) is 12.5 Å². The number of rotatable bonds is 1. The quantitative estimate of drug-likeness (QED) is 0.728. The van der Waals surface area contributed by atoms with Crippen molar-refractivity contribution < 1.29 is 9.47 Å². The van der Waals surface area contributed by atoms with Gasteiger partial charge in [0.15, 0.2) is 0 Å². The van der Waals surface area contributed by atoms with E-state index < -0.39 is 0 Å². The van der Waals surface area contributed by atoms with E-state index in [1.807, 2.05) is 6.07 Å². The molecule has 0 saturated heterocycles. The number of hydrogen-bond acceptors (Lipinski definition) is 4. The van der Waals surface area contributed by atoms with Crippen molar-refractivity contribution in [3.8, 4) is 11.8 Å². The van der Waals surface area contributed by atoms with Crippen molar-refractivity contribution in [2.24, 2.45) is 0 Å². The fourth-order valence-electron chi connectivity index (χ4n) is 1.50. The maximum atomic E-state index is 8.79. The minimum absolute atomic E-state index is 0.481. The lowest BCUT2D eigenvalue weighted by atomic mass is 10.1. The molecular formula is C10H10N2O2. The van der Waals surface area contributed by atoms with Gasteiger partial charge in [-0.15, -0.1) is 0 Å². The monoisotopic (exact) mass is 190 g/mol. The Labute approximate surface area is 82.1 Å². The topological polar surface area (TPSA) is 54.3 Å². The Morgan fingerprint density at radius 1 is 1.57 bits per heavy atom. The molecule has 1 heterocycles. The van der Waals surface area contributed by atoms with Crippen LogP contribution in [0.1, 0.15) is 11.1 Å². The third-order valence-electron chi connectivity index (χ3n) is 2.14. The number of methoxy groups -OCH3 is 1. The first kappa shape index (κ1) is 8.85. The van der Waals surface area contributed by atoms with Crippen LogP contribution in [0.2, 0.25) is 0 Å². The number of ether oxygens (including phenoxy) is 2. The molecular weight excluding hydrogens is 180 g/mol. The summed E-state index contributed by atoms with van der Waals surface area (Å²) in [6.45, 7) is 1.00. The molecule has 1 aliphatic heterocycles. The largest absolute Gasteiger partial charge is 0.495 e. The second-order valence-corrected chi connectivity index (χ2v) is 2.99. The maximum absolute atomic E-state index is 8.79. The zero-order valence-corrected chi connectivity index (χ0v) is 7.83. The second-order valence-electron chi connectivity index (χ2n) is 2.99. The number of nitrogens with one attached hydrogen (secondary N) is 1. The van der Waals surface area contributed by atoms with Crippen LogP contribution in [0.3, 0.4) is 0 Å². The van der Waals surface area contributed by atoms with E-state index >= 15 is 0 Å². The molecule has 0 unspecified atom stereocenters. The van der Waals surface area contributed by atoms with Crippen LogP contribution in [0, 0.1) is 11.3 Å². The predicted molar refractivity (Wildman–Crippen MR) is 51.0 cm³/mol. The zero-order valence-electron chi connectivity index (χ0n) is 7.83. The third kappa shape index (κ3) is 1.38. The van der Waals surface area contributed by atoms with Crippen LogP contribution in [0.4, 0.5) is 5.69 Å². The van der Waals surface area contributed by atoms with Crippen LogP contribution in [-0.4, -0.2) is 13.8 Å². The van der Waals surface area contributed by atoms with Crippen molar-refractivity contribution in [3.63, 3.8) is 0 Å². The van der Waals surface area contributed by atoms with Gasteiger partial charge in [-0.1, -0.05) is 0 Å². The Morgan fingerprint density at radius 2 is 2.43 bits per heavy atom. The number of fused-ring (bicyclic) bond motifs is 1. The van der Waals surface area contributed by atoms with Gasteiger partial charge in [0, 0.05) is 11.6 Å². The van der Waals surface area contributed by atoms with E-state index in [1.54, 1.807) is 13.2 Å². The number of hydrogen-bond donors (Lipinski definition) is 1. The number of benzene rings is 1. The molecule has 14 heavy (non-hydrogen) atoms. The lowest BCUT2D eigenvalue weighted by Gasteiger charge is -2.20. The lowest BCUT2D eigenvalue weighted by molar-refractivity contribution is 0.130. The predicted octanol–water partition coefficient (Wildman–Crippen LogP) is 1.47. The van der Waals surface area contributed by atoms with Gasteiger partial charge in [0.25, 0.3) is 0 Å². The normalized spacial score (nSPS) is 13.7. The average molecular weight is 190 g/mol. The highest BCUT2D eigenvalue weighted by atomic mass is 16.5. The van der Waals surface area contributed by atoms with E-state index in [1.165, 1.54) is 0 Å². The van der Waals surface area contributed by atoms with Crippen LogP contribution in [-0.2, 0) is 11.3 Å². The molecule has 2 rings (SSSR count). The van der Waals surface area contributed by atoms with Crippen LogP contribution in [0.15, 0.2) is 12.1 Å². The minimum atomic E-state index is 0.481. The van der Waals surface area contributed by atoms with E-state index in [0.717, 1.165) is 11.3 Å². The summed E-state index contributed by atoms with van der Waals surface area (Å²) in [5, 5.41) is 11.9. The first-order chi connectivity index (χ1) is 6.85. The molecule has 0 aromatic heterocycles. The first-order valence-corrected chi connectivity index (χ1v) is 4.28. The molecule has 0 saturated carbocycles. The average Bonchev–Trinajstić information content (AvgIpc) is 2.27. The second kappa shape index (κ2) is 3.56. The van der Waals surface area contributed by atoms with Gasteiger partial charge in [-0.05, 0) is 6.07 Å². The summed E-state index contributed by atoms with van der Waals surface area (Å²) in [5.41, 5.74) is 2.48. The van der Waals surface area contributed by atoms with Gasteiger partial charge in [-0.2, -0.15) is 5.26 Å². The molecule has 0 amide bonds. The maximum Gasteiger partial charge on any atom is 0.143 e. The molecule has 0 radical (unpaired) electrons. The molecule has 1 aromatic rings. The Balaban J connectivity index is 2.54. The van der Waals surface area contributed by atoms with Crippen molar-refractivity contribution in [2.45, 2.75) is 6.61 Å². The summed E-state index contributed by atoms with van der Waals surface area (Å²) in [6.07, 6.45) is 0. The van der Waals surface area contributed by atoms with Crippen molar-refractivity contribution in [1.29, 1.82) is 5.26 Å². The van der Waals surface area contributed by atoms with Gasteiger partial charge >= 0.3 is 0 Å². The smallest absolute Gasteiger partial charge is 0.143 e. The van der Waals surface area contributed by atoms with Gasteiger partial charge in [-0.25, -0.2) is 0 Å². The van der Waals surface area contributed by atoms with Crippen LogP contribution < -0.4 is 10.1 Å². The molecule has 0 aliphatic carbocycles. The summed E-state index contributed by atoms with van der Waals surface area (Å²) < 4.78 is 10.4. The molecule has 72 valence electrons. The summed E-state index contributed by atoms with van der Waals surface area (Å²) >= 11 is 0. The Hall–Kier alpha value is -1.73. The highest BCUT2D eigenvalue weighted by molar-refractivity contribution is 5.65. The van der Waals surface area contributed by atoms with Gasteiger partial charge in [-0.3, -0.25) is 0 Å². The summed E-state index contributed by atoms with van der Waals surface area (Å²) in [4.78, 5) is 0. The molecule has 0 spiro atoms. The standard InChI is InChI=1S/C10H10N2O2/c1-13-9-3-7(4-11)2-8-5-14-6-12-10(8)9/h2-3,12H,5-6H2,1H3. The van der Waals surface area contributed by atoms with Gasteiger partial charge in [0.05, 0.1) is 31.0 Å². The fourth-order valence-corrected chi connectivity index (χ4v) is 1.50. The lowest BCUT2D eigenvalue weighted by Crippen LogP contribution is -2.15. The zero-order chi connectivity index (χ0) is 9.97. The molecule has 0 atom stereocenters. The highest BCUT2D eigenvalue weighted by Gasteiger charge is 2.14. The van der Waals surface area contributed by atoms with Gasteiger partial charge < -0.3 is 14.8 Å². The van der Waals surface area contributed by atoms with E-state index in [9.17, 15) is 0 Å². The molecule has 4 nitrogen and oxygen atoms in total. The summed E-state index contributed by atoms with van der Waals surface area (Å²) in [6, 6.07) is 5.62. The fraction of sp³-hybridized carbons (Fsp3) is 0.300. The van der Waals surface area contributed by atoms with Crippen LogP contribution in [0.5, 0.6) is 5.75 Å². The molecule has 1 N–H and O–H groups in total. The molecule has 1 aliphatic rings. The first-order valence-electron chi connectivity index (χ1n) is 4.28. The summed E-state index contributed by atoms with van der Waals surface area (Å²) in [7, 11) is 1.59.